The van der Waals surface area contributed by atoms with Crippen LogP contribution in [0, 0.1) is 11.8 Å². The number of amides is 1. The van der Waals surface area contributed by atoms with Crippen molar-refractivity contribution >= 4 is 17.9 Å². The third kappa shape index (κ3) is 8.99. The summed E-state index contributed by atoms with van der Waals surface area (Å²) in [5.41, 5.74) is 8.77. The molecular formula is C22H32N4O. The normalized spacial score (nSPS) is 12.7. The Kier molecular flexibility index (Phi) is 9.80. The molecule has 0 saturated heterocycles. The molecule has 0 unspecified atom stereocenters. The minimum atomic E-state index is 0.208. The van der Waals surface area contributed by atoms with Crippen LogP contribution in [0.25, 0.3) is 11.1 Å². The molecule has 2 aromatic rings. The first kappa shape index (κ1) is 22.4. The van der Waals surface area contributed by atoms with Crippen molar-refractivity contribution in [3.63, 3.8) is 0 Å². The van der Waals surface area contributed by atoms with E-state index in [1.54, 1.807) is 26.5 Å². The van der Waals surface area contributed by atoms with Crippen molar-refractivity contribution in [2.45, 2.75) is 33.6 Å². The van der Waals surface area contributed by atoms with Gasteiger partial charge in [-0.05, 0) is 30.4 Å². The van der Waals surface area contributed by atoms with Crippen LogP contribution in [0.3, 0.4) is 0 Å². The van der Waals surface area contributed by atoms with Gasteiger partial charge in [0.05, 0.1) is 0 Å². The number of rotatable bonds is 3. The number of carbonyl (C=O) groups excluding carboxylic acids is 1. The summed E-state index contributed by atoms with van der Waals surface area (Å²) in [7, 11) is 3.40. The fourth-order valence-electron chi connectivity index (χ4n) is 2.07. The molecule has 0 atom stereocenters. The number of carbonyl (C=O) groups is 1. The van der Waals surface area contributed by atoms with E-state index < -0.39 is 0 Å². The summed E-state index contributed by atoms with van der Waals surface area (Å²) in [6.07, 6.45) is 5.69. The van der Waals surface area contributed by atoms with Gasteiger partial charge in [-0.1, -0.05) is 51.1 Å². The fourth-order valence-corrected chi connectivity index (χ4v) is 2.07. The van der Waals surface area contributed by atoms with E-state index in [0.29, 0.717) is 11.7 Å². The zero-order valence-corrected chi connectivity index (χ0v) is 17.1. The fraction of sp³-hybridized carbons (Fsp3) is 0.409. The van der Waals surface area contributed by atoms with Crippen LogP contribution in [0.15, 0.2) is 47.6 Å². The minimum Gasteiger partial charge on any atom is -0.383 e. The van der Waals surface area contributed by atoms with Gasteiger partial charge in [0.15, 0.2) is 0 Å². The Hall–Kier alpha value is -2.69. The molecule has 0 bridgehead atoms. The van der Waals surface area contributed by atoms with Gasteiger partial charge in [0.2, 0.25) is 5.91 Å². The van der Waals surface area contributed by atoms with E-state index in [9.17, 15) is 4.79 Å². The van der Waals surface area contributed by atoms with Crippen molar-refractivity contribution < 1.29 is 4.79 Å². The highest BCUT2D eigenvalue weighted by molar-refractivity contribution is 5.87. The summed E-state index contributed by atoms with van der Waals surface area (Å²) in [6, 6.07) is 12.1. The van der Waals surface area contributed by atoms with Gasteiger partial charge in [-0.25, -0.2) is 4.98 Å². The van der Waals surface area contributed by atoms with Crippen molar-refractivity contribution in [1.29, 1.82) is 0 Å². The Morgan fingerprint density at radius 1 is 1.22 bits per heavy atom. The number of benzene rings is 1. The van der Waals surface area contributed by atoms with Crippen LogP contribution in [0.5, 0.6) is 0 Å². The van der Waals surface area contributed by atoms with Gasteiger partial charge >= 0.3 is 0 Å². The first-order valence-corrected chi connectivity index (χ1v) is 9.33. The van der Waals surface area contributed by atoms with Crippen LogP contribution < -0.4 is 11.1 Å². The van der Waals surface area contributed by atoms with E-state index in [4.69, 9.17) is 5.73 Å². The van der Waals surface area contributed by atoms with Crippen LogP contribution in [-0.2, 0) is 4.79 Å². The number of hydrogen-bond acceptors (Lipinski definition) is 4. The molecule has 0 spiro atoms. The molecule has 27 heavy (non-hydrogen) atoms. The maximum absolute atomic E-state index is 10.5. The number of nitrogens with zero attached hydrogens (tertiary/aromatic N) is 2. The molecule has 146 valence electrons. The third-order valence-corrected chi connectivity index (χ3v) is 3.52. The Labute approximate surface area is 163 Å². The number of pyridine rings is 1. The summed E-state index contributed by atoms with van der Waals surface area (Å²) in [6.45, 7) is 6.50. The van der Waals surface area contributed by atoms with Gasteiger partial charge in [0.1, 0.15) is 5.82 Å². The lowest BCUT2D eigenvalue weighted by Gasteiger charge is -2.04. The van der Waals surface area contributed by atoms with E-state index in [-0.39, 0.29) is 5.91 Å². The number of anilines is 1. The summed E-state index contributed by atoms with van der Waals surface area (Å²) in [5.74, 6) is 1.91. The smallest absolute Gasteiger partial charge is 0.222 e. The van der Waals surface area contributed by atoms with E-state index in [2.05, 4.69) is 36.1 Å². The Bertz CT molecular complexity index is 720. The standard InChI is InChI=1S/C13H13N3.C5H9NO.C4H10/c1-15-8-12-7-11(9-16-13(12)14)10-5-3-2-4-6-10;1-6-5(7)4-2-3-4;1-4(2)3/h2-9H,1H3,(H2,14,16);4H,2-3H2,1H3,(H,6,7);4H,1-3H3. The average molecular weight is 369 g/mol. The highest BCUT2D eigenvalue weighted by Gasteiger charge is 2.28. The maximum Gasteiger partial charge on any atom is 0.222 e. The number of nitrogens with two attached hydrogens (primary N) is 1. The van der Waals surface area contributed by atoms with E-state index in [1.165, 1.54) is 0 Å². The van der Waals surface area contributed by atoms with Gasteiger partial charge in [-0.2, -0.15) is 0 Å². The molecule has 1 aromatic heterocycles. The van der Waals surface area contributed by atoms with Crippen molar-refractivity contribution in [2.24, 2.45) is 16.8 Å². The Morgan fingerprint density at radius 3 is 2.26 bits per heavy atom. The SMILES string of the molecule is CC(C)C.CN=Cc1cc(-c2ccccc2)cnc1N.CNC(=O)C1CC1. The minimum absolute atomic E-state index is 0.208. The van der Waals surface area contributed by atoms with Gasteiger partial charge in [-0.3, -0.25) is 9.79 Å². The number of hydrogen-bond donors (Lipinski definition) is 2. The molecule has 0 aliphatic heterocycles. The molecule has 1 heterocycles. The van der Waals surface area contributed by atoms with E-state index >= 15 is 0 Å². The number of nitrogen functional groups attached to an aromatic ring is 1. The molecule has 0 radical (unpaired) electrons. The van der Waals surface area contributed by atoms with Crippen molar-refractivity contribution in [3.05, 3.63) is 48.2 Å². The van der Waals surface area contributed by atoms with Gasteiger partial charge in [0.25, 0.3) is 0 Å². The second-order valence-electron chi connectivity index (χ2n) is 7.07. The zero-order valence-electron chi connectivity index (χ0n) is 17.1. The van der Waals surface area contributed by atoms with Crippen molar-refractivity contribution in [2.75, 3.05) is 19.8 Å². The molecular weight excluding hydrogens is 336 g/mol. The molecule has 1 fully saturated rings. The summed E-state index contributed by atoms with van der Waals surface area (Å²) in [4.78, 5) is 18.6. The first-order chi connectivity index (χ1) is 12.9. The van der Waals surface area contributed by atoms with Gasteiger partial charge in [-0.15, -0.1) is 0 Å². The second kappa shape index (κ2) is 11.8. The predicted octanol–water partition coefficient (Wildman–Crippen LogP) is 4.18. The highest BCUT2D eigenvalue weighted by atomic mass is 16.1. The third-order valence-electron chi connectivity index (χ3n) is 3.52. The maximum atomic E-state index is 10.5. The molecule has 5 heteroatoms. The Morgan fingerprint density at radius 2 is 1.81 bits per heavy atom. The molecule has 1 amide bonds. The molecule has 1 saturated carbocycles. The lowest BCUT2D eigenvalue weighted by atomic mass is 10.1. The van der Waals surface area contributed by atoms with E-state index in [0.717, 1.165) is 35.4 Å². The summed E-state index contributed by atoms with van der Waals surface area (Å²) in [5, 5.41) is 2.59. The van der Waals surface area contributed by atoms with Crippen LogP contribution in [-0.4, -0.2) is 31.2 Å². The highest BCUT2D eigenvalue weighted by Crippen LogP contribution is 2.28. The lowest BCUT2D eigenvalue weighted by molar-refractivity contribution is -0.121. The van der Waals surface area contributed by atoms with E-state index in [1.807, 2.05) is 36.4 Å². The van der Waals surface area contributed by atoms with Crippen molar-refractivity contribution in [3.8, 4) is 11.1 Å². The monoisotopic (exact) mass is 368 g/mol. The average Bonchev–Trinajstić information content (AvgIpc) is 3.49. The summed E-state index contributed by atoms with van der Waals surface area (Å²) >= 11 is 0. The number of aliphatic imine (C=N–C) groups is 1. The predicted molar refractivity (Wildman–Crippen MR) is 115 cm³/mol. The van der Waals surface area contributed by atoms with Crippen LogP contribution >= 0.6 is 0 Å². The quantitative estimate of drug-likeness (QED) is 0.797. The largest absolute Gasteiger partial charge is 0.383 e. The Balaban J connectivity index is 0.000000273. The molecule has 3 N–H and O–H groups in total. The van der Waals surface area contributed by atoms with Crippen LogP contribution in [0.4, 0.5) is 5.82 Å². The molecule has 1 aromatic carbocycles. The van der Waals surface area contributed by atoms with Gasteiger partial charge in [0, 0.05) is 43.6 Å². The molecule has 3 rings (SSSR count). The van der Waals surface area contributed by atoms with Gasteiger partial charge < -0.3 is 11.1 Å². The van der Waals surface area contributed by atoms with Crippen LogP contribution in [0.1, 0.15) is 39.2 Å². The van der Waals surface area contributed by atoms with Crippen LogP contribution in [0.2, 0.25) is 0 Å². The van der Waals surface area contributed by atoms with Crippen molar-refractivity contribution in [1.82, 2.24) is 10.3 Å². The molecule has 1 aliphatic rings. The number of nitrogens with one attached hydrogen (secondary N) is 1. The lowest BCUT2D eigenvalue weighted by Crippen LogP contribution is -2.18. The number of aromatic nitrogens is 1. The molecule has 1 aliphatic carbocycles. The topological polar surface area (TPSA) is 80.4 Å². The second-order valence-corrected chi connectivity index (χ2v) is 7.07. The summed E-state index contributed by atoms with van der Waals surface area (Å²) < 4.78 is 0. The molecule has 5 nitrogen and oxygen atoms in total. The zero-order chi connectivity index (χ0) is 20.2. The first-order valence-electron chi connectivity index (χ1n) is 9.33.